The number of benzene rings is 1. The van der Waals surface area contributed by atoms with Gasteiger partial charge in [-0.2, -0.15) is 0 Å². The molecule has 1 aromatic heterocycles. The van der Waals surface area contributed by atoms with Crippen molar-refractivity contribution < 1.29 is 13.9 Å². The minimum absolute atomic E-state index is 0.158. The zero-order valence-electron chi connectivity index (χ0n) is 9.65. The van der Waals surface area contributed by atoms with Crippen LogP contribution in [0, 0.1) is 6.92 Å². The second-order valence-electron chi connectivity index (χ2n) is 3.65. The van der Waals surface area contributed by atoms with Gasteiger partial charge < -0.3 is 9.15 Å². The molecule has 4 nitrogen and oxygen atoms in total. The molecule has 4 heteroatoms. The van der Waals surface area contributed by atoms with Crippen molar-refractivity contribution in [3.05, 3.63) is 45.8 Å². The second kappa shape index (κ2) is 4.41. The number of hydrogen-bond acceptors (Lipinski definition) is 4. The summed E-state index contributed by atoms with van der Waals surface area (Å²) in [5.74, 6) is 0.112. The number of carbonyl (C=O) groups is 1. The van der Waals surface area contributed by atoms with Crippen molar-refractivity contribution in [1.29, 1.82) is 0 Å². The van der Waals surface area contributed by atoms with Crippen molar-refractivity contribution in [3.8, 4) is 0 Å². The Morgan fingerprint density at radius 3 is 2.82 bits per heavy atom. The van der Waals surface area contributed by atoms with Gasteiger partial charge in [-0.15, -0.1) is 0 Å². The highest BCUT2D eigenvalue weighted by atomic mass is 16.5. The van der Waals surface area contributed by atoms with Crippen LogP contribution in [-0.4, -0.2) is 12.6 Å². The van der Waals surface area contributed by atoms with Crippen LogP contribution in [-0.2, 0) is 4.74 Å². The zero-order chi connectivity index (χ0) is 12.4. The molecular weight excluding hydrogens is 220 g/mol. The molecule has 0 amide bonds. The van der Waals surface area contributed by atoms with Crippen molar-refractivity contribution >= 4 is 16.9 Å². The number of hydrogen-bond donors (Lipinski definition) is 0. The molecule has 0 radical (unpaired) electrons. The van der Waals surface area contributed by atoms with Gasteiger partial charge in [0.05, 0.1) is 17.6 Å². The Hall–Kier alpha value is -2.10. The molecule has 0 atom stereocenters. The van der Waals surface area contributed by atoms with Gasteiger partial charge in [0, 0.05) is 6.07 Å². The number of ether oxygens (including phenoxy) is 1. The van der Waals surface area contributed by atoms with Crippen LogP contribution < -0.4 is 5.43 Å². The summed E-state index contributed by atoms with van der Waals surface area (Å²) in [6, 6.07) is 6.09. The summed E-state index contributed by atoms with van der Waals surface area (Å²) in [6.07, 6.45) is 0. The van der Waals surface area contributed by atoms with Crippen molar-refractivity contribution in [3.63, 3.8) is 0 Å². The summed E-state index contributed by atoms with van der Waals surface area (Å²) >= 11 is 0. The van der Waals surface area contributed by atoms with E-state index in [0.29, 0.717) is 28.9 Å². The molecule has 0 fully saturated rings. The average Bonchev–Trinajstić information content (AvgIpc) is 2.28. The van der Waals surface area contributed by atoms with Gasteiger partial charge in [0.15, 0.2) is 5.43 Å². The minimum atomic E-state index is -0.436. The van der Waals surface area contributed by atoms with E-state index in [4.69, 9.17) is 9.15 Å². The highest BCUT2D eigenvalue weighted by Gasteiger charge is 2.09. The first-order chi connectivity index (χ1) is 8.11. The molecule has 0 aliphatic rings. The van der Waals surface area contributed by atoms with Crippen LogP contribution in [0.2, 0.25) is 0 Å². The minimum Gasteiger partial charge on any atom is -0.462 e. The third kappa shape index (κ3) is 2.20. The normalized spacial score (nSPS) is 10.5. The molecule has 0 unspecified atom stereocenters. The average molecular weight is 232 g/mol. The smallest absolute Gasteiger partial charge is 0.338 e. The lowest BCUT2D eigenvalue weighted by Crippen LogP contribution is -2.07. The maximum Gasteiger partial charge on any atom is 0.338 e. The van der Waals surface area contributed by atoms with Crippen molar-refractivity contribution in [2.75, 3.05) is 6.61 Å². The van der Waals surface area contributed by atoms with Gasteiger partial charge >= 0.3 is 5.97 Å². The van der Waals surface area contributed by atoms with Crippen LogP contribution in [0.15, 0.2) is 33.5 Å². The Bertz CT molecular complexity index is 625. The van der Waals surface area contributed by atoms with Crippen molar-refractivity contribution in [1.82, 2.24) is 0 Å². The predicted octanol–water partition coefficient (Wildman–Crippen LogP) is 2.28. The van der Waals surface area contributed by atoms with Crippen molar-refractivity contribution in [2.45, 2.75) is 13.8 Å². The van der Waals surface area contributed by atoms with Gasteiger partial charge in [-0.3, -0.25) is 4.79 Å². The summed E-state index contributed by atoms with van der Waals surface area (Å²) in [5, 5.41) is 0.390. The summed E-state index contributed by atoms with van der Waals surface area (Å²) < 4.78 is 10.3. The molecule has 0 bridgehead atoms. The molecule has 0 saturated heterocycles. The fourth-order valence-corrected chi connectivity index (χ4v) is 1.62. The van der Waals surface area contributed by atoms with E-state index >= 15 is 0 Å². The molecule has 2 rings (SSSR count). The van der Waals surface area contributed by atoms with Gasteiger partial charge in [0.2, 0.25) is 0 Å². The number of esters is 1. The summed E-state index contributed by atoms with van der Waals surface area (Å²) in [6.45, 7) is 3.75. The summed E-state index contributed by atoms with van der Waals surface area (Å²) in [7, 11) is 0. The molecule has 0 saturated carbocycles. The largest absolute Gasteiger partial charge is 0.462 e. The van der Waals surface area contributed by atoms with Gasteiger partial charge in [-0.05, 0) is 32.0 Å². The molecule has 0 aliphatic carbocycles. The molecule has 1 heterocycles. The Balaban J connectivity index is 2.58. The Kier molecular flexibility index (Phi) is 2.95. The Morgan fingerprint density at radius 2 is 2.12 bits per heavy atom. The van der Waals surface area contributed by atoms with E-state index in [2.05, 4.69) is 0 Å². The van der Waals surface area contributed by atoms with Crippen molar-refractivity contribution in [2.24, 2.45) is 0 Å². The second-order valence-corrected chi connectivity index (χ2v) is 3.65. The lowest BCUT2D eigenvalue weighted by molar-refractivity contribution is 0.0526. The van der Waals surface area contributed by atoms with E-state index in [1.54, 1.807) is 26.0 Å². The van der Waals surface area contributed by atoms with Crippen LogP contribution in [0.5, 0.6) is 0 Å². The number of carbonyl (C=O) groups excluding carboxylic acids is 1. The molecule has 1 aromatic carbocycles. The zero-order valence-corrected chi connectivity index (χ0v) is 9.65. The standard InChI is InChI=1S/C13H12O4/c1-3-16-13(15)9-4-5-12-10(7-9)11(14)6-8(2)17-12/h4-7H,3H2,1-2H3. The van der Waals surface area contributed by atoms with E-state index in [1.807, 2.05) is 0 Å². The third-order valence-corrected chi connectivity index (χ3v) is 2.36. The van der Waals surface area contributed by atoms with Crippen LogP contribution in [0.4, 0.5) is 0 Å². The van der Waals surface area contributed by atoms with Crippen LogP contribution in [0.1, 0.15) is 23.0 Å². The Labute approximate surface area is 97.8 Å². The topological polar surface area (TPSA) is 56.5 Å². The lowest BCUT2D eigenvalue weighted by atomic mass is 10.1. The number of fused-ring (bicyclic) bond motifs is 1. The molecule has 0 N–H and O–H groups in total. The van der Waals surface area contributed by atoms with Gasteiger partial charge in [-0.1, -0.05) is 0 Å². The van der Waals surface area contributed by atoms with Crippen LogP contribution in [0.25, 0.3) is 11.0 Å². The van der Waals surface area contributed by atoms with Gasteiger partial charge in [0.25, 0.3) is 0 Å². The highest BCUT2D eigenvalue weighted by Crippen LogP contribution is 2.14. The first-order valence-electron chi connectivity index (χ1n) is 5.33. The van der Waals surface area contributed by atoms with E-state index in [0.717, 1.165) is 0 Å². The summed E-state index contributed by atoms with van der Waals surface area (Å²) in [5.41, 5.74) is 0.674. The molecule has 0 spiro atoms. The maximum absolute atomic E-state index is 11.7. The fraction of sp³-hybridized carbons (Fsp3) is 0.231. The molecule has 2 aromatic rings. The lowest BCUT2D eigenvalue weighted by Gasteiger charge is -2.03. The van der Waals surface area contributed by atoms with Gasteiger partial charge in [0.1, 0.15) is 11.3 Å². The molecular formula is C13H12O4. The predicted molar refractivity (Wildman–Crippen MR) is 63.2 cm³/mol. The maximum atomic E-state index is 11.7. The van der Waals surface area contributed by atoms with E-state index in [9.17, 15) is 9.59 Å². The van der Waals surface area contributed by atoms with Gasteiger partial charge in [-0.25, -0.2) is 4.79 Å². The first-order valence-corrected chi connectivity index (χ1v) is 5.33. The first kappa shape index (κ1) is 11.4. The van der Waals surface area contributed by atoms with Crippen LogP contribution in [0.3, 0.4) is 0 Å². The van der Waals surface area contributed by atoms with E-state index < -0.39 is 5.97 Å². The highest BCUT2D eigenvalue weighted by molar-refractivity contribution is 5.93. The monoisotopic (exact) mass is 232 g/mol. The fourth-order valence-electron chi connectivity index (χ4n) is 1.62. The Morgan fingerprint density at radius 1 is 1.35 bits per heavy atom. The summed E-state index contributed by atoms with van der Waals surface area (Å²) in [4.78, 5) is 23.2. The number of aryl methyl sites for hydroxylation is 1. The SMILES string of the molecule is CCOC(=O)c1ccc2oc(C)cc(=O)c2c1. The van der Waals surface area contributed by atoms with E-state index in [-0.39, 0.29) is 5.43 Å². The third-order valence-electron chi connectivity index (χ3n) is 2.36. The molecule has 0 aliphatic heterocycles. The molecule has 88 valence electrons. The van der Waals surface area contributed by atoms with Crippen LogP contribution >= 0.6 is 0 Å². The number of rotatable bonds is 2. The van der Waals surface area contributed by atoms with E-state index in [1.165, 1.54) is 12.1 Å². The molecule has 17 heavy (non-hydrogen) atoms. The quantitative estimate of drug-likeness (QED) is 0.745.